The lowest BCUT2D eigenvalue weighted by atomic mass is 10.1. The molecule has 0 spiro atoms. The van der Waals surface area contributed by atoms with Crippen molar-refractivity contribution in [2.75, 3.05) is 6.54 Å². The van der Waals surface area contributed by atoms with Crippen LogP contribution in [-0.2, 0) is 6.54 Å². The predicted octanol–water partition coefficient (Wildman–Crippen LogP) is 3.44. The molecule has 1 aromatic rings. The van der Waals surface area contributed by atoms with Gasteiger partial charge in [-0.25, -0.2) is 4.99 Å². The average Bonchev–Trinajstić information content (AvgIpc) is 2.25. The van der Waals surface area contributed by atoms with Gasteiger partial charge < -0.3 is 11.1 Å². The highest BCUT2D eigenvalue weighted by atomic mass is 127. The molecule has 3 nitrogen and oxygen atoms in total. The number of halogens is 2. The van der Waals surface area contributed by atoms with E-state index < -0.39 is 0 Å². The summed E-state index contributed by atoms with van der Waals surface area (Å²) in [6.07, 6.45) is 0. The van der Waals surface area contributed by atoms with E-state index in [0.717, 1.165) is 11.0 Å². The molecule has 0 radical (unpaired) electrons. The maximum Gasteiger partial charge on any atom is 0.188 e. The van der Waals surface area contributed by atoms with Crippen LogP contribution in [0, 0.1) is 12.8 Å². The third-order valence-corrected chi connectivity index (χ3v) is 2.91. The van der Waals surface area contributed by atoms with Crippen LogP contribution in [0.2, 0.25) is 0 Å². The van der Waals surface area contributed by atoms with Gasteiger partial charge in [-0.1, -0.05) is 35.8 Å². The smallest absolute Gasteiger partial charge is 0.188 e. The van der Waals surface area contributed by atoms with Crippen molar-refractivity contribution in [1.82, 2.24) is 5.32 Å². The van der Waals surface area contributed by atoms with Crippen molar-refractivity contribution in [2.45, 2.75) is 27.3 Å². The summed E-state index contributed by atoms with van der Waals surface area (Å²) in [7, 11) is 0. The third-order valence-electron chi connectivity index (χ3n) is 2.42. The number of nitrogens with two attached hydrogens (primary N) is 1. The fourth-order valence-electron chi connectivity index (χ4n) is 1.37. The zero-order chi connectivity index (χ0) is 12.8. The second-order valence-corrected chi connectivity index (χ2v) is 5.46. The molecule has 0 aliphatic carbocycles. The number of benzene rings is 1. The summed E-state index contributed by atoms with van der Waals surface area (Å²) in [5.74, 6) is 1.08. The van der Waals surface area contributed by atoms with Crippen LogP contribution in [0.1, 0.15) is 25.0 Å². The van der Waals surface area contributed by atoms with Gasteiger partial charge in [0.2, 0.25) is 0 Å². The van der Waals surface area contributed by atoms with E-state index >= 15 is 0 Å². The molecule has 3 N–H and O–H groups in total. The van der Waals surface area contributed by atoms with E-state index in [1.54, 1.807) is 0 Å². The van der Waals surface area contributed by atoms with Crippen molar-refractivity contribution in [1.29, 1.82) is 0 Å². The zero-order valence-corrected chi connectivity index (χ0v) is 15.0. The van der Waals surface area contributed by atoms with Gasteiger partial charge >= 0.3 is 0 Å². The van der Waals surface area contributed by atoms with Crippen LogP contribution in [0.3, 0.4) is 0 Å². The number of guanidine groups is 1. The number of nitrogens with one attached hydrogen (secondary N) is 1. The van der Waals surface area contributed by atoms with Crippen molar-refractivity contribution in [2.24, 2.45) is 16.6 Å². The predicted molar refractivity (Wildman–Crippen MR) is 92.5 cm³/mol. The van der Waals surface area contributed by atoms with Gasteiger partial charge in [-0.2, -0.15) is 0 Å². The van der Waals surface area contributed by atoms with E-state index in [4.69, 9.17) is 5.73 Å². The molecular formula is C13H21BrIN3. The molecule has 0 saturated carbocycles. The summed E-state index contributed by atoms with van der Waals surface area (Å²) in [4.78, 5) is 4.32. The Kier molecular flexibility index (Phi) is 8.60. The van der Waals surface area contributed by atoms with Crippen LogP contribution in [-0.4, -0.2) is 12.5 Å². The van der Waals surface area contributed by atoms with Gasteiger partial charge in [0.05, 0.1) is 6.54 Å². The lowest BCUT2D eigenvalue weighted by Crippen LogP contribution is -2.34. The SMILES string of the molecule is Cc1cc(Br)ccc1CN=C(N)NCC(C)C.I. The van der Waals surface area contributed by atoms with E-state index in [1.165, 1.54) is 11.1 Å². The molecule has 1 aromatic carbocycles. The Bertz CT molecular complexity index is 405. The molecule has 0 aliphatic heterocycles. The Labute approximate surface area is 135 Å². The molecule has 0 saturated heterocycles. The molecule has 0 bridgehead atoms. The summed E-state index contributed by atoms with van der Waals surface area (Å²) in [6.45, 7) is 7.83. The molecule has 0 aliphatic rings. The summed E-state index contributed by atoms with van der Waals surface area (Å²) >= 11 is 3.44. The van der Waals surface area contributed by atoms with E-state index in [2.05, 4.69) is 59.1 Å². The normalized spacial score (nSPS) is 11.3. The first-order chi connectivity index (χ1) is 7.99. The van der Waals surface area contributed by atoms with Gasteiger partial charge in [0.25, 0.3) is 0 Å². The fourth-order valence-corrected chi connectivity index (χ4v) is 1.85. The van der Waals surface area contributed by atoms with Crippen molar-refractivity contribution >= 4 is 45.9 Å². The lowest BCUT2D eigenvalue weighted by Gasteiger charge is -2.08. The van der Waals surface area contributed by atoms with Crippen LogP contribution in [0.25, 0.3) is 0 Å². The van der Waals surface area contributed by atoms with Crippen LogP contribution in [0.5, 0.6) is 0 Å². The molecule has 102 valence electrons. The Balaban J connectivity index is 0.00000289. The van der Waals surface area contributed by atoms with Crippen molar-refractivity contribution in [3.63, 3.8) is 0 Å². The molecule has 0 aromatic heterocycles. The Hall–Kier alpha value is -0.300. The molecule has 0 heterocycles. The van der Waals surface area contributed by atoms with Gasteiger partial charge in [-0.05, 0) is 36.1 Å². The maximum atomic E-state index is 5.78. The second kappa shape index (κ2) is 8.74. The van der Waals surface area contributed by atoms with Crippen LogP contribution < -0.4 is 11.1 Å². The third kappa shape index (κ3) is 6.58. The van der Waals surface area contributed by atoms with Gasteiger partial charge in [0.1, 0.15) is 0 Å². The first kappa shape index (κ1) is 17.7. The highest BCUT2D eigenvalue weighted by molar-refractivity contribution is 14.0. The first-order valence-corrected chi connectivity index (χ1v) is 6.57. The standard InChI is InChI=1S/C13H20BrN3.HI/c1-9(2)7-16-13(15)17-8-11-4-5-12(14)6-10(11)3;/h4-6,9H,7-8H2,1-3H3,(H3,15,16,17);1H. The number of rotatable bonds is 4. The molecule has 0 atom stereocenters. The van der Waals surface area contributed by atoms with E-state index in [-0.39, 0.29) is 24.0 Å². The van der Waals surface area contributed by atoms with Gasteiger partial charge in [0.15, 0.2) is 5.96 Å². The Morgan fingerprint density at radius 1 is 1.44 bits per heavy atom. The van der Waals surface area contributed by atoms with Gasteiger partial charge in [-0.15, -0.1) is 24.0 Å². The van der Waals surface area contributed by atoms with Crippen molar-refractivity contribution in [3.8, 4) is 0 Å². The highest BCUT2D eigenvalue weighted by Crippen LogP contribution is 2.16. The number of hydrogen-bond donors (Lipinski definition) is 2. The zero-order valence-electron chi connectivity index (χ0n) is 11.0. The number of hydrogen-bond acceptors (Lipinski definition) is 1. The van der Waals surface area contributed by atoms with Crippen LogP contribution in [0.15, 0.2) is 27.7 Å². The molecule has 1 rings (SSSR count). The molecular weight excluding hydrogens is 405 g/mol. The summed E-state index contributed by atoms with van der Waals surface area (Å²) in [5, 5.41) is 3.10. The Morgan fingerprint density at radius 3 is 2.67 bits per heavy atom. The quantitative estimate of drug-likeness (QED) is 0.441. The van der Waals surface area contributed by atoms with E-state index in [0.29, 0.717) is 18.4 Å². The lowest BCUT2D eigenvalue weighted by molar-refractivity contribution is 0.622. The van der Waals surface area contributed by atoms with Crippen molar-refractivity contribution < 1.29 is 0 Å². The minimum atomic E-state index is 0. The molecule has 0 fully saturated rings. The molecule has 0 unspecified atom stereocenters. The van der Waals surface area contributed by atoms with E-state index in [1.807, 2.05) is 6.07 Å². The van der Waals surface area contributed by atoms with Gasteiger partial charge in [-0.3, -0.25) is 0 Å². The van der Waals surface area contributed by atoms with E-state index in [9.17, 15) is 0 Å². The first-order valence-electron chi connectivity index (χ1n) is 5.78. The Morgan fingerprint density at radius 2 is 2.11 bits per heavy atom. The average molecular weight is 426 g/mol. The summed E-state index contributed by atoms with van der Waals surface area (Å²) in [6, 6.07) is 6.18. The van der Waals surface area contributed by atoms with Crippen LogP contribution >= 0.6 is 39.9 Å². The second-order valence-electron chi connectivity index (χ2n) is 4.55. The largest absolute Gasteiger partial charge is 0.370 e. The monoisotopic (exact) mass is 425 g/mol. The molecule has 5 heteroatoms. The number of nitrogens with zero attached hydrogens (tertiary/aromatic N) is 1. The maximum absolute atomic E-state index is 5.78. The fraction of sp³-hybridized carbons (Fsp3) is 0.462. The van der Waals surface area contributed by atoms with Crippen molar-refractivity contribution in [3.05, 3.63) is 33.8 Å². The topological polar surface area (TPSA) is 50.4 Å². The van der Waals surface area contributed by atoms with Crippen LogP contribution in [0.4, 0.5) is 0 Å². The highest BCUT2D eigenvalue weighted by Gasteiger charge is 1.99. The van der Waals surface area contributed by atoms with Gasteiger partial charge in [0, 0.05) is 11.0 Å². The number of aliphatic imine (C=N–C) groups is 1. The number of aryl methyl sites for hydroxylation is 1. The molecule has 18 heavy (non-hydrogen) atoms. The molecule has 0 amide bonds. The minimum Gasteiger partial charge on any atom is -0.370 e. The summed E-state index contributed by atoms with van der Waals surface area (Å²) in [5.41, 5.74) is 8.20. The minimum absolute atomic E-state index is 0. The summed E-state index contributed by atoms with van der Waals surface area (Å²) < 4.78 is 1.09.